The number of fused-ring (bicyclic) bond motifs is 1. The maximum absolute atomic E-state index is 6.08. The summed E-state index contributed by atoms with van der Waals surface area (Å²) >= 11 is 6.08. The smallest absolute Gasteiger partial charge is 0.111 e. The zero-order chi connectivity index (χ0) is 16.5. The van der Waals surface area contributed by atoms with Gasteiger partial charge in [-0.2, -0.15) is 0 Å². The van der Waals surface area contributed by atoms with Gasteiger partial charge in [-0.15, -0.1) is 0 Å². The Morgan fingerprint density at radius 3 is 2.62 bits per heavy atom. The number of rotatable bonds is 3. The maximum atomic E-state index is 6.08. The van der Waals surface area contributed by atoms with Gasteiger partial charge in [0.1, 0.15) is 5.82 Å². The van der Waals surface area contributed by atoms with Crippen molar-refractivity contribution in [3.05, 3.63) is 88.8 Å². The third-order valence-electron chi connectivity index (χ3n) is 4.24. The number of benzene rings is 3. The lowest BCUT2D eigenvalue weighted by Gasteiger charge is -2.04. The molecular weight excluding hydrogens is 316 g/mol. The van der Waals surface area contributed by atoms with E-state index in [9.17, 15) is 0 Å². The van der Waals surface area contributed by atoms with E-state index in [2.05, 4.69) is 60.4 Å². The molecule has 0 saturated heterocycles. The van der Waals surface area contributed by atoms with Gasteiger partial charge in [0.25, 0.3) is 0 Å². The Hall–Kier alpha value is -2.58. The molecule has 0 unspecified atom stereocenters. The fourth-order valence-corrected chi connectivity index (χ4v) is 3.35. The number of nitrogens with one attached hydrogen (secondary N) is 1. The monoisotopic (exact) mass is 332 g/mol. The molecule has 3 heteroatoms. The van der Waals surface area contributed by atoms with Crippen molar-refractivity contribution in [2.75, 3.05) is 0 Å². The van der Waals surface area contributed by atoms with Crippen molar-refractivity contribution in [2.45, 2.75) is 13.3 Å². The molecule has 0 amide bonds. The fraction of sp³-hybridized carbons (Fsp3) is 0.0952. The minimum atomic E-state index is 0.742. The predicted octanol–water partition coefficient (Wildman–Crippen LogP) is 5.78. The summed E-state index contributed by atoms with van der Waals surface area (Å²) in [6.07, 6.45) is 0.742. The number of nitrogens with zero attached hydrogens (tertiary/aromatic N) is 1. The van der Waals surface area contributed by atoms with Crippen LogP contribution in [0.2, 0.25) is 5.02 Å². The molecule has 0 aliphatic carbocycles. The van der Waals surface area contributed by atoms with E-state index in [0.29, 0.717) is 0 Å². The molecule has 1 heterocycles. The van der Waals surface area contributed by atoms with Crippen molar-refractivity contribution in [1.29, 1.82) is 0 Å². The van der Waals surface area contributed by atoms with Crippen LogP contribution in [0.15, 0.2) is 66.7 Å². The zero-order valence-corrected chi connectivity index (χ0v) is 14.1. The van der Waals surface area contributed by atoms with Gasteiger partial charge in [-0.25, -0.2) is 4.98 Å². The van der Waals surface area contributed by atoms with Crippen molar-refractivity contribution in [1.82, 2.24) is 9.97 Å². The van der Waals surface area contributed by atoms with Gasteiger partial charge in [-0.1, -0.05) is 66.2 Å². The lowest BCUT2D eigenvalue weighted by atomic mass is 10.0. The largest absolute Gasteiger partial charge is 0.345 e. The van der Waals surface area contributed by atoms with Gasteiger partial charge in [0.2, 0.25) is 0 Å². The lowest BCUT2D eigenvalue weighted by molar-refractivity contribution is 1.02. The Balaban J connectivity index is 1.76. The van der Waals surface area contributed by atoms with E-state index in [0.717, 1.165) is 34.2 Å². The molecule has 118 valence electrons. The molecule has 2 nitrogen and oxygen atoms in total. The molecule has 0 radical (unpaired) electrons. The van der Waals surface area contributed by atoms with E-state index in [1.807, 2.05) is 18.2 Å². The Kier molecular flexibility index (Phi) is 3.83. The third-order valence-corrected chi connectivity index (χ3v) is 4.47. The molecule has 1 aromatic heterocycles. The highest BCUT2D eigenvalue weighted by Gasteiger charge is 2.12. The van der Waals surface area contributed by atoms with Crippen molar-refractivity contribution in [3.63, 3.8) is 0 Å². The van der Waals surface area contributed by atoms with Crippen LogP contribution in [-0.4, -0.2) is 9.97 Å². The lowest BCUT2D eigenvalue weighted by Crippen LogP contribution is -1.90. The molecule has 4 aromatic rings. The predicted molar refractivity (Wildman–Crippen MR) is 101 cm³/mol. The topological polar surface area (TPSA) is 28.7 Å². The summed E-state index contributed by atoms with van der Waals surface area (Å²) in [6.45, 7) is 2.07. The van der Waals surface area contributed by atoms with Crippen LogP contribution in [0.4, 0.5) is 0 Å². The number of hydrogen-bond donors (Lipinski definition) is 1. The van der Waals surface area contributed by atoms with Gasteiger partial charge in [0, 0.05) is 22.7 Å². The molecule has 24 heavy (non-hydrogen) atoms. The molecule has 0 bridgehead atoms. The summed E-state index contributed by atoms with van der Waals surface area (Å²) in [5, 5.41) is 3.21. The molecule has 0 atom stereocenters. The second kappa shape index (κ2) is 6.14. The van der Waals surface area contributed by atoms with Gasteiger partial charge < -0.3 is 4.98 Å². The third kappa shape index (κ3) is 2.81. The highest BCUT2D eigenvalue weighted by atomic mass is 35.5. The minimum Gasteiger partial charge on any atom is -0.345 e. The molecule has 0 aliphatic rings. The molecule has 0 spiro atoms. The van der Waals surface area contributed by atoms with E-state index in [1.54, 1.807) is 0 Å². The number of hydrogen-bond acceptors (Lipinski definition) is 1. The molecule has 3 aromatic carbocycles. The van der Waals surface area contributed by atoms with Crippen molar-refractivity contribution >= 4 is 22.4 Å². The Bertz CT molecular complexity index is 1010. The number of H-pyrrole nitrogens is 1. The standard InChI is InChI=1S/C21H17ClN2/c1-14-21(19-11-5-8-16-7-2-3-10-18(16)19)24-20(23-14)13-15-6-4-9-17(22)12-15/h2-12H,13H2,1H3,(H,23,24). The van der Waals surface area contributed by atoms with Crippen LogP contribution in [0, 0.1) is 6.92 Å². The van der Waals surface area contributed by atoms with Crippen molar-refractivity contribution in [2.24, 2.45) is 0 Å². The van der Waals surface area contributed by atoms with E-state index in [4.69, 9.17) is 16.6 Å². The van der Waals surface area contributed by atoms with Crippen LogP contribution >= 0.6 is 11.6 Å². The fourth-order valence-electron chi connectivity index (χ4n) is 3.14. The molecule has 1 N–H and O–H groups in total. The van der Waals surface area contributed by atoms with Gasteiger partial charge in [0.05, 0.1) is 5.69 Å². The van der Waals surface area contributed by atoms with Crippen LogP contribution in [0.3, 0.4) is 0 Å². The average Bonchev–Trinajstić information content (AvgIpc) is 2.94. The summed E-state index contributed by atoms with van der Waals surface area (Å²) in [4.78, 5) is 8.28. The Labute approximate surface area is 146 Å². The second-order valence-electron chi connectivity index (χ2n) is 5.99. The first-order chi connectivity index (χ1) is 11.7. The van der Waals surface area contributed by atoms with Crippen molar-refractivity contribution < 1.29 is 0 Å². The van der Waals surface area contributed by atoms with E-state index in [1.165, 1.54) is 16.3 Å². The summed E-state index contributed by atoms with van der Waals surface area (Å²) in [6, 6.07) is 22.7. The second-order valence-corrected chi connectivity index (χ2v) is 6.43. The minimum absolute atomic E-state index is 0.742. The molecule has 0 aliphatic heterocycles. The highest BCUT2D eigenvalue weighted by molar-refractivity contribution is 6.30. The summed E-state index contributed by atoms with van der Waals surface area (Å²) in [7, 11) is 0. The zero-order valence-electron chi connectivity index (χ0n) is 13.4. The average molecular weight is 333 g/mol. The number of aromatic amines is 1. The number of aryl methyl sites for hydroxylation is 1. The van der Waals surface area contributed by atoms with Gasteiger partial charge in [-0.05, 0) is 35.4 Å². The number of aromatic nitrogens is 2. The van der Waals surface area contributed by atoms with Gasteiger partial charge in [-0.3, -0.25) is 0 Å². The van der Waals surface area contributed by atoms with Gasteiger partial charge >= 0.3 is 0 Å². The Morgan fingerprint density at radius 1 is 0.958 bits per heavy atom. The Morgan fingerprint density at radius 2 is 1.75 bits per heavy atom. The van der Waals surface area contributed by atoms with E-state index in [-0.39, 0.29) is 0 Å². The van der Waals surface area contributed by atoms with E-state index >= 15 is 0 Å². The molecule has 0 saturated carbocycles. The van der Waals surface area contributed by atoms with E-state index < -0.39 is 0 Å². The van der Waals surface area contributed by atoms with Crippen LogP contribution in [0.1, 0.15) is 17.1 Å². The summed E-state index contributed by atoms with van der Waals surface area (Å²) in [5.41, 5.74) is 4.42. The molecule has 4 rings (SSSR count). The maximum Gasteiger partial charge on any atom is 0.111 e. The first-order valence-electron chi connectivity index (χ1n) is 7.99. The molecule has 0 fully saturated rings. The van der Waals surface area contributed by atoms with Crippen molar-refractivity contribution in [3.8, 4) is 11.3 Å². The normalized spacial score (nSPS) is 11.1. The summed E-state index contributed by atoms with van der Waals surface area (Å²) in [5.74, 6) is 0.956. The van der Waals surface area contributed by atoms with Crippen LogP contribution in [0.5, 0.6) is 0 Å². The van der Waals surface area contributed by atoms with Crippen LogP contribution in [0.25, 0.3) is 22.0 Å². The molecular formula is C21H17ClN2. The first kappa shape index (κ1) is 15.0. The van der Waals surface area contributed by atoms with Crippen LogP contribution < -0.4 is 0 Å². The first-order valence-corrected chi connectivity index (χ1v) is 8.36. The number of halogens is 1. The highest BCUT2D eigenvalue weighted by Crippen LogP contribution is 2.29. The van der Waals surface area contributed by atoms with Crippen LogP contribution in [-0.2, 0) is 6.42 Å². The SMILES string of the molecule is Cc1[nH]c(Cc2cccc(Cl)c2)nc1-c1cccc2ccccc12. The number of imidazole rings is 1. The van der Waals surface area contributed by atoms with Gasteiger partial charge in [0.15, 0.2) is 0 Å². The summed E-state index contributed by atoms with van der Waals surface area (Å²) < 4.78 is 0. The quantitative estimate of drug-likeness (QED) is 0.506.